The fourth-order valence-electron chi connectivity index (χ4n) is 1.78. The molecule has 0 spiro atoms. The van der Waals surface area contributed by atoms with Gasteiger partial charge in [-0.25, -0.2) is 9.59 Å². The van der Waals surface area contributed by atoms with E-state index in [0.717, 1.165) is 19.4 Å². The van der Waals surface area contributed by atoms with Crippen molar-refractivity contribution < 1.29 is 19.1 Å². The standard InChI is InChI=1S/C17H35N3O4/c1-8-13(12-20-15(22)24-17(5,6)7)18-10-9-11-19-14(21)23-16(2,3)4/h13,18H,8-12H2,1-7H3,(H,19,21)(H,20,22). The Morgan fingerprint density at radius 3 is 1.83 bits per heavy atom. The van der Waals surface area contributed by atoms with E-state index in [4.69, 9.17) is 9.47 Å². The Morgan fingerprint density at radius 2 is 1.38 bits per heavy atom. The van der Waals surface area contributed by atoms with E-state index < -0.39 is 23.4 Å². The second kappa shape index (κ2) is 10.4. The van der Waals surface area contributed by atoms with E-state index in [2.05, 4.69) is 16.0 Å². The van der Waals surface area contributed by atoms with Gasteiger partial charge in [0.1, 0.15) is 11.2 Å². The normalized spacial score (nSPS) is 13.1. The van der Waals surface area contributed by atoms with Gasteiger partial charge in [-0.2, -0.15) is 0 Å². The molecule has 2 amide bonds. The number of ether oxygens (including phenoxy) is 2. The SMILES string of the molecule is CCC(CNC(=O)OC(C)(C)C)NCCCNC(=O)OC(C)(C)C. The summed E-state index contributed by atoms with van der Waals surface area (Å²) in [6.45, 7) is 14.8. The molecular formula is C17H35N3O4. The fraction of sp³-hybridized carbons (Fsp3) is 0.882. The third-order valence-electron chi connectivity index (χ3n) is 2.84. The maximum Gasteiger partial charge on any atom is 0.407 e. The topological polar surface area (TPSA) is 88.7 Å². The molecule has 0 saturated carbocycles. The summed E-state index contributed by atoms with van der Waals surface area (Å²) in [4.78, 5) is 23.1. The zero-order chi connectivity index (χ0) is 18.8. The van der Waals surface area contributed by atoms with Crippen molar-refractivity contribution in [3.8, 4) is 0 Å². The molecule has 0 saturated heterocycles. The third-order valence-corrected chi connectivity index (χ3v) is 2.84. The lowest BCUT2D eigenvalue weighted by Gasteiger charge is -2.22. The van der Waals surface area contributed by atoms with Crippen molar-refractivity contribution in [2.75, 3.05) is 19.6 Å². The van der Waals surface area contributed by atoms with E-state index in [1.54, 1.807) is 0 Å². The molecule has 0 fully saturated rings. The van der Waals surface area contributed by atoms with Gasteiger partial charge in [0.2, 0.25) is 0 Å². The van der Waals surface area contributed by atoms with E-state index in [0.29, 0.717) is 13.1 Å². The van der Waals surface area contributed by atoms with Crippen LogP contribution in [0.3, 0.4) is 0 Å². The van der Waals surface area contributed by atoms with Crippen molar-refractivity contribution in [3.05, 3.63) is 0 Å². The van der Waals surface area contributed by atoms with Gasteiger partial charge >= 0.3 is 12.2 Å². The van der Waals surface area contributed by atoms with Gasteiger partial charge in [-0.05, 0) is 60.9 Å². The predicted molar refractivity (Wildman–Crippen MR) is 95.2 cm³/mol. The molecule has 0 aromatic heterocycles. The van der Waals surface area contributed by atoms with Crippen LogP contribution in [0.5, 0.6) is 0 Å². The number of hydrogen-bond donors (Lipinski definition) is 3. The molecule has 0 aliphatic rings. The largest absolute Gasteiger partial charge is 0.444 e. The minimum absolute atomic E-state index is 0.166. The first-order valence-electron chi connectivity index (χ1n) is 8.60. The van der Waals surface area contributed by atoms with Crippen LogP contribution in [0.2, 0.25) is 0 Å². The number of rotatable bonds is 8. The first-order chi connectivity index (χ1) is 10.9. The number of nitrogens with one attached hydrogen (secondary N) is 3. The Bertz CT molecular complexity index is 386. The highest BCUT2D eigenvalue weighted by Gasteiger charge is 2.17. The Labute approximate surface area is 146 Å². The molecule has 0 bridgehead atoms. The summed E-state index contributed by atoms with van der Waals surface area (Å²) in [5.41, 5.74) is -0.977. The van der Waals surface area contributed by atoms with E-state index in [9.17, 15) is 9.59 Å². The van der Waals surface area contributed by atoms with Crippen molar-refractivity contribution in [2.24, 2.45) is 0 Å². The lowest BCUT2D eigenvalue weighted by molar-refractivity contribution is 0.0510. The Balaban J connectivity index is 3.83. The van der Waals surface area contributed by atoms with E-state index in [1.165, 1.54) is 0 Å². The number of carbonyl (C=O) groups is 2. The lowest BCUT2D eigenvalue weighted by Crippen LogP contribution is -2.43. The van der Waals surface area contributed by atoms with Crippen LogP contribution in [0.1, 0.15) is 61.3 Å². The molecule has 0 aliphatic heterocycles. The molecule has 0 aromatic carbocycles. The van der Waals surface area contributed by atoms with Gasteiger partial charge in [0.05, 0.1) is 0 Å². The Hall–Kier alpha value is -1.50. The van der Waals surface area contributed by atoms with Crippen LogP contribution in [0.4, 0.5) is 9.59 Å². The van der Waals surface area contributed by atoms with Gasteiger partial charge in [-0.15, -0.1) is 0 Å². The van der Waals surface area contributed by atoms with Gasteiger partial charge in [0.25, 0.3) is 0 Å². The van der Waals surface area contributed by atoms with Gasteiger partial charge in [-0.3, -0.25) is 0 Å². The van der Waals surface area contributed by atoms with Crippen LogP contribution < -0.4 is 16.0 Å². The summed E-state index contributed by atoms with van der Waals surface area (Å²) < 4.78 is 10.4. The van der Waals surface area contributed by atoms with Gasteiger partial charge in [0.15, 0.2) is 0 Å². The molecule has 1 atom stereocenters. The van der Waals surface area contributed by atoms with Crippen LogP contribution >= 0.6 is 0 Å². The van der Waals surface area contributed by atoms with Crippen molar-refractivity contribution in [3.63, 3.8) is 0 Å². The minimum atomic E-state index is -0.493. The smallest absolute Gasteiger partial charge is 0.407 e. The van der Waals surface area contributed by atoms with E-state index in [1.807, 2.05) is 48.5 Å². The summed E-state index contributed by atoms with van der Waals surface area (Å²) in [6, 6.07) is 0.166. The molecule has 1 unspecified atom stereocenters. The van der Waals surface area contributed by atoms with E-state index in [-0.39, 0.29) is 6.04 Å². The Kier molecular flexibility index (Phi) is 9.73. The average molecular weight is 345 g/mol. The molecule has 7 nitrogen and oxygen atoms in total. The summed E-state index contributed by atoms with van der Waals surface area (Å²) in [7, 11) is 0. The highest BCUT2D eigenvalue weighted by atomic mass is 16.6. The van der Waals surface area contributed by atoms with Crippen molar-refractivity contribution >= 4 is 12.2 Å². The zero-order valence-electron chi connectivity index (χ0n) is 16.2. The van der Waals surface area contributed by atoms with Gasteiger partial charge in [-0.1, -0.05) is 6.92 Å². The second-order valence-corrected chi connectivity index (χ2v) is 7.72. The fourth-order valence-corrected chi connectivity index (χ4v) is 1.78. The summed E-state index contributed by atoms with van der Waals surface area (Å²) in [6.07, 6.45) is 0.854. The van der Waals surface area contributed by atoms with Crippen molar-refractivity contribution in [1.29, 1.82) is 0 Å². The van der Waals surface area contributed by atoms with Crippen LogP contribution in [-0.4, -0.2) is 49.1 Å². The van der Waals surface area contributed by atoms with Gasteiger partial charge < -0.3 is 25.4 Å². The maximum atomic E-state index is 11.6. The third kappa shape index (κ3) is 14.1. The Morgan fingerprint density at radius 1 is 0.875 bits per heavy atom. The first kappa shape index (κ1) is 22.5. The molecule has 3 N–H and O–H groups in total. The average Bonchev–Trinajstić information content (AvgIpc) is 2.37. The summed E-state index contributed by atoms with van der Waals surface area (Å²) >= 11 is 0. The summed E-state index contributed by atoms with van der Waals surface area (Å²) in [5, 5.41) is 8.82. The highest BCUT2D eigenvalue weighted by Crippen LogP contribution is 2.07. The van der Waals surface area contributed by atoms with Crippen LogP contribution in [-0.2, 0) is 9.47 Å². The molecule has 0 rings (SSSR count). The number of alkyl carbamates (subject to hydrolysis) is 2. The number of carbonyl (C=O) groups excluding carboxylic acids is 2. The van der Waals surface area contributed by atoms with Gasteiger partial charge in [0, 0.05) is 19.1 Å². The molecule has 0 heterocycles. The molecule has 142 valence electrons. The monoisotopic (exact) mass is 345 g/mol. The zero-order valence-corrected chi connectivity index (χ0v) is 16.2. The summed E-state index contributed by atoms with van der Waals surface area (Å²) in [5.74, 6) is 0. The first-order valence-corrected chi connectivity index (χ1v) is 8.60. The quantitative estimate of drug-likeness (QED) is 0.589. The highest BCUT2D eigenvalue weighted by molar-refractivity contribution is 5.68. The molecule has 0 aliphatic carbocycles. The molecule has 24 heavy (non-hydrogen) atoms. The second-order valence-electron chi connectivity index (χ2n) is 7.72. The van der Waals surface area contributed by atoms with Crippen molar-refractivity contribution in [2.45, 2.75) is 78.6 Å². The van der Waals surface area contributed by atoms with Crippen LogP contribution in [0.25, 0.3) is 0 Å². The van der Waals surface area contributed by atoms with Crippen LogP contribution in [0, 0.1) is 0 Å². The van der Waals surface area contributed by atoms with Crippen molar-refractivity contribution in [1.82, 2.24) is 16.0 Å². The minimum Gasteiger partial charge on any atom is -0.444 e. The molecule has 0 radical (unpaired) electrons. The predicted octanol–water partition coefficient (Wildman–Crippen LogP) is 2.79. The molecule has 7 heteroatoms. The molecule has 0 aromatic rings. The number of amides is 2. The number of hydrogen-bond acceptors (Lipinski definition) is 5. The maximum absolute atomic E-state index is 11.6. The van der Waals surface area contributed by atoms with Crippen LogP contribution in [0.15, 0.2) is 0 Å². The van der Waals surface area contributed by atoms with E-state index >= 15 is 0 Å². The molecular weight excluding hydrogens is 310 g/mol. The lowest BCUT2D eigenvalue weighted by atomic mass is 10.2.